The fourth-order valence-corrected chi connectivity index (χ4v) is 3.10. The van der Waals surface area contributed by atoms with Gasteiger partial charge in [-0.2, -0.15) is 5.10 Å². The van der Waals surface area contributed by atoms with Crippen LogP contribution in [0.3, 0.4) is 0 Å². The Balaban J connectivity index is 1.66. The predicted octanol–water partition coefficient (Wildman–Crippen LogP) is 2.50. The minimum atomic E-state index is -1.01. The van der Waals surface area contributed by atoms with Crippen molar-refractivity contribution in [1.29, 1.82) is 0 Å². The molecule has 0 aliphatic carbocycles. The van der Waals surface area contributed by atoms with Crippen molar-refractivity contribution in [1.82, 2.24) is 5.43 Å². The maximum Gasteiger partial charge on any atom is 0.347 e. The van der Waals surface area contributed by atoms with E-state index in [-0.39, 0.29) is 22.6 Å². The monoisotopic (exact) mass is 504 g/mol. The number of nitrogens with zero attached hydrogens (tertiary/aromatic N) is 1. The Labute approximate surface area is 212 Å². The molecule has 0 saturated carbocycles. The molecule has 0 spiro atoms. The first-order valence-electron chi connectivity index (χ1n) is 10.8. The number of anilines is 1. The van der Waals surface area contributed by atoms with E-state index in [1.54, 1.807) is 43.3 Å². The lowest BCUT2D eigenvalue weighted by molar-refractivity contribution is -0.136. The molecule has 37 heavy (non-hydrogen) atoms. The van der Waals surface area contributed by atoms with E-state index in [9.17, 15) is 19.2 Å². The van der Waals surface area contributed by atoms with Crippen molar-refractivity contribution >= 4 is 35.1 Å². The van der Waals surface area contributed by atoms with Crippen LogP contribution in [0.1, 0.15) is 33.2 Å². The Morgan fingerprint density at radius 2 is 1.43 bits per heavy atom. The Hall–Kier alpha value is -5.19. The predicted molar refractivity (Wildman–Crippen MR) is 135 cm³/mol. The molecule has 11 heteroatoms. The van der Waals surface area contributed by atoms with Gasteiger partial charge in [-0.3, -0.25) is 14.4 Å². The summed E-state index contributed by atoms with van der Waals surface area (Å²) in [5, 5.41) is 6.33. The summed E-state index contributed by atoms with van der Waals surface area (Å²) in [6, 6.07) is 17.1. The number of primary amides is 1. The quantitative estimate of drug-likeness (QED) is 0.140. The number of carbonyl (C=O) groups excluding carboxylic acids is 4. The van der Waals surface area contributed by atoms with Crippen LogP contribution < -0.4 is 30.7 Å². The van der Waals surface area contributed by atoms with Crippen molar-refractivity contribution in [3.63, 3.8) is 0 Å². The van der Waals surface area contributed by atoms with Crippen molar-refractivity contribution in [3.05, 3.63) is 83.4 Å². The second-order valence-corrected chi connectivity index (χ2v) is 7.49. The summed E-state index contributed by atoms with van der Waals surface area (Å²) in [4.78, 5) is 48.0. The van der Waals surface area contributed by atoms with Crippen LogP contribution in [0, 0.1) is 0 Å². The van der Waals surface area contributed by atoms with Gasteiger partial charge in [-0.15, -0.1) is 0 Å². The average molecular weight is 504 g/mol. The van der Waals surface area contributed by atoms with Crippen LogP contribution >= 0.6 is 0 Å². The zero-order valence-electron chi connectivity index (χ0n) is 20.2. The zero-order chi connectivity index (χ0) is 26.9. The first-order chi connectivity index (χ1) is 17.7. The van der Waals surface area contributed by atoms with Crippen LogP contribution in [-0.4, -0.2) is 43.6 Å². The topological polar surface area (TPSA) is 158 Å². The number of carbonyl (C=O) groups is 4. The third-order valence-corrected chi connectivity index (χ3v) is 5.07. The number of esters is 1. The molecule has 0 unspecified atom stereocenters. The fourth-order valence-electron chi connectivity index (χ4n) is 3.10. The summed E-state index contributed by atoms with van der Waals surface area (Å²) in [6.07, 6.45) is 0. The van der Waals surface area contributed by atoms with Gasteiger partial charge >= 0.3 is 17.8 Å². The highest BCUT2D eigenvalue weighted by atomic mass is 16.6. The molecule has 0 saturated heterocycles. The van der Waals surface area contributed by atoms with Crippen molar-refractivity contribution in [2.45, 2.75) is 6.92 Å². The zero-order valence-corrected chi connectivity index (χ0v) is 20.2. The number of para-hydroxylation sites is 1. The second kappa shape index (κ2) is 12.0. The summed E-state index contributed by atoms with van der Waals surface area (Å²) < 4.78 is 16.0. The number of hydrogen-bond donors (Lipinski definition) is 3. The Bertz CT molecular complexity index is 1370. The van der Waals surface area contributed by atoms with Gasteiger partial charge in [-0.1, -0.05) is 12.1 Å². The van der Waals surface area contributed by atoms with E-state index >= 15 is 0 Å². The molecule has 190 valence electrons. The molecular weight excluding hydrogens is 480 g/mol. The molecule has 0 radical (unpaired) electrons. The Morgan fingerprint density at radius 1 is 0.784 bits per heavy atom. The normalized spacial score (nSPS) is 10.7. The molecule has 4 N–H and O–H groups in total. The smallest absolute Gasteiger partial charge is 0.347 e. The first kappa shape index (κ1) is 26.4. The lowest BCUT2D eigenvalue weighted by Crippen LogP contribution is -2.33. The molecule has 0 aliphatic rings. The van der Waals surface area contributed by atoms with E-state index in [2.05, 4.69) is 15.8 Å². The third-order valence-electron chi connectivity index (χ3n) is 5.07. The molecule has 3 aromatic rings. The van der Waals surface area contributed by atoms with E-state index in [1.165, 1.54) is 44.6 Å². The van der Waals surface area contributed by atoms with Crippen LogP contribution in [0.25, 0.3) is 0 Å². The van der Waals surface area contributed by atoms with Crippen molar-refractivity contribution in [3.8, 4) is 17.2 Å². The highest BCUT2D eigenvalue weighted by Gasteiger charge is 2.18. The van der Waals surface area contributed by atoms with Crippen molar-refractivity contribution in [2.75, 3.05) is 19.5 Å². The number of methoxy groups -OCH3 is 2. The Kier molecular flexibility index (Phi) is 8.55. The van der Waals surface area contributed by atoms with Crippen molar-refractivity contribution < 1.29 is 33.4 Å². The number of amides is 3. The standard InChI is InChI=1S/C26H24N4O7/c1-15(29-30-25(33)24(32)28-18-11-8-16(9-12-18)23(27)31)17-10-13-21(22(14-17)36-3)37-26(34)19-6-4-5-7-20(19)35-2/h4-14H,1-3H3,(H2,27,31)(H,28,32)(H,30,33)/b29-15+. The number of rotatable bonds is 8. The molecule has 0 heterocycles. The van der Waals surface area contributed by atoms with Crippen LogP contribution in [0.2, 0.25) is 0 Å². The molecule has 0 aromatic heterocycles. The number of ether oxygens (including phenoxy) is 3. The van der Waals surface area contributed by atoms with E-state index in [0.29, 0.717) is 22.7 Å². The maximum absolute atomic E-state index is 12.6. The molecule has 0 atom stereocenters. The first-order valence-corrected chi connectivity index (χ1v) is 10.8. The highest BCUT2D eigenvalue weighted by molar-refractivity contribution is 6.39. The lowest BCUT2D eigenvalue weighted by Gasteiger charge is -2.12. The van der Waals surface area contributed by atoms with Gasteiger partial charge in [0.15, 0.2) is 11.5 Å². The van der Waals surface area contributed by atoms with E-state index < -0.39 is 23.7 Å². The number of benzene rings is 3. The van der Waals surface area contributed by atoms with Crippen LogP contribution in [0.5, 0.6) is 17.2 Å². The highest BCUT2D eigenvalue weighted by Crippen LogP contribution is 2.30. The maximum atomic E-state index is 12.6. The fraction of sp³-hybridized carbons (Fsp3) is 0.115. The summed E-state index contributed by atoms with van der Waals surface area (Å²) in [5.74, 6) is -2.42. The molecular formula is C26H24N4O7. The second-order valence-electron chi connectivity index (χ2n) is 7.49. The Morgan fingerprint density at radius 3 is 2.08 bits per heavy atom. The number of nitrogens with one attached hydrogen (secondary N) is 2. The minimum Gasteiger partial charge on any atom is -0.496 e. The van der Waals surface area contributed by atoms with Gasteiger partial charge < -0.3 is 25.3 Å². The molecule has 0 fully saturated rings. The van der Waals surface area contributed by atoms with Gasteiger partial charge in [-0.05, 0) is 61.5 Å². The van der Waals surface area contributed by atoms with Crippen LogP contribution in [0.15, 0.2) is 71.8 Å². The van der Waals surface area contributed by atoms with Gasteiger partial charge in [-0.25, -0.2) is 10.2 Å². The molecule has 0 bridgehead atoms. The van der Waals surface area contributed by atoms with Gasteiger partial charge in [0.05, 0.1) is 19.9 Å². The molecule has 3 rings (SSSR count). The van der Waals surface area contributed by atoms with Gasteiger partial charge in [0.25, 0.3) is 0 Å². The van der Waals surface area contributed by atoms with E-state index in [4.69, 9.17) is 19.9 Å². The summed E-state index contributed by atoms with van der Waals surface area (Å²) >= 11 is 0. The molecule has 3 aromatic carbocycles. The van der Waals surface area contributed by atoms with Crippen LogP contribution in [-0.2, 0) is 9.59 Å². The number of hydrazone groups is 1. The van der Waals surface area contributed by atoms with Crippen LogP contribution in [0.4, 0.5) is 5.69 Å². The average Bonchev–Trinajstić information content (AvgIpc) is 2.91. The molecule has 0 aliphatic heterocycles. The van der Waals surface area contributed by atoms with Crippen molar-refractivity contribution in [2.24, 2.45) is 10.8 Å². The summed E-state index contributed by atoms with van der Waals surface area (Å²) in [6.45, 7) is 1.61. The third kappa shape index (κ3) is 6.69. The van der Waals surface area contributed by atoms with Gasteiger partial charge in [0, 0.05) is 16.8 Å². The molecule has 3 amide bonds. The number of hydrogen-bond acceptors (Lipinski definition) is 8. The molecule has 11 nitrogen and oxygen atoms in total. The largest absolute Gasteiger partial charge is 0.496 e. The lowest BCUT2D eigenvalue weighted by atomic mass is 10.1. The minimum absolute atomic E-state index is 0.167. The SMILES string of the molecule is COc1cc(/C(C)=N/NC(=O)C(=O)Nc2ccc(C(N)=O)cc2)ccc1OC(=O)c1ccccc1OC. The summed E-state index contributed by atoms with van der Waals surface area (Å²) in [5.41, 5.74) is 9.05. The van der Waals surface area contributed by atoms with Gasteiger partial charge in [0.1, 0.15) is 11.3 Å². The van der Waals surface area contributed by atoms with E-state index in [1.807, 2.05) is 0 Å². The van der Waals surface area contributed by atoms with E-state index in [0.717, 1.165) is 0 Å². The number of nitrogens with two attached hydrogens (primary N) is 1. The summed E-state index contributed by atoms with van der Waals surface area (Å²) in [7, 11) is 2.86. The van der Waals surface area contributed by atoms with Gasteiger partial charge in [0.2, 0.25) is 5.91 Å².